The number of nitrogens with one attached hydrogen (secondary N) is 1. The molecule has 3 heteroatoms. The van der Waals surface area contributed by atoms with E-state index in [1.807, 2.05) is 0 Å². The molecular formula is C16H26N2S. The lowest BCUT2D eigenvalue weighted by Gasteiger charge is -2.30. The van der Waals surface area contributed by atoms with E-state index >= 15 is 0 Å². The molecule has 2 nitrogen and oxygen atoms in total. The quantitative estimate of drug-likeness (QED) is 0.831. The summed E-state index contributed by atoms with van der Waals surface area (Å²) in [5.74, 6) is 0.812. The third kappa shape index (κ3) is 4.51. The van der Waals surface area contributed by atoms with E-state index in [4.69, 9.17) is 0 Å². The Morgan fingerprint density at radius 3 is 2.74 bits per heavy atom. The van der Waals surface area contributed by atoms with E-state index in [-0.39, 0.29) is 0 Å². The molecule has 1 fully saturated rings. The Kier molecular flexibility index (Phi) is 5.74. The molecule has 2 unspecified atom stereocenters. The van der Waals surface area contributed by atoms with E-state index in [1.54, 1.807) is 11.8 Å². The van der Waals surface area contributed by atoms with Crippen LogP contribution in [-0.2, 0) is 0 Å². The van der Waals surface area contributed by atoms with E-state index in [9.17, 15) is 0 Å². The minimum Gasteiger partial charge on any atom is -0.310 e. The van der Waals surface area contributed by atoms with Gasteiger partial charge < -0.3 is 10.2 Å². The van der Waals surface area contributed by atoms with E-state index in [0.29, 0.717) is 6.04 Å². The molecule has 0 aliphatic carbocycles. The maximum Gasteiger partial charge on any atom is 0.0291 e. The molecule has 1 aliphatic heterocycles. The molecule has 1 N–H and O–H groups in total. The number of hydrogen-bond donors (Lipinski definition) is 1. The third-order valence-electron chi connectivity index (χ3n) is 4.05. The lowest BCUT2D eigenvalue weighted by molar-refractivity contribution is 0.203. The molecule has 2 atom stereocenters. The monoisotopic (exact) mass is 278 g/mol. The summed E-state index contributed by atoms with van der Waals surface area (Å²) in [6.07, 6.45) is 4.84. The van der Waals surface area contributed by atoms with Gasteiger partial charge in [-0.05, 0) is 69.8 Å². The third-order valence-corrected chi connectivity index (χ3v) is 4.79. The molecule has 1 heterocycles. The van der Waals surface area contributed by atoms with Crippen LogP contribution >= 0.6 is 11.8 Å². The number of nitrogens with zero attached hydrogens (tertiary/aromatic N) is 1. The van der Waals surface area contributed by atoms with E-state index in [2.05, 4.69) is 54.7 Å². The summed E-state index contributed by atoms with van der Waals surface area (Å²) >= 11 is 1.80. The van der Waals surface area contributed by atoms with E-state index in [0.717, 1.165) is 12.5 Å². The van der Waals surface area contributed by atoms with Crippen LogP contribution in [-0.4, -0.2) is 37.8 Å². The molecule has 0 bridgehead atoms. The lowest BCUT2D eigenvalue weighted by atomic mass is 9.98. The van der Waals surface area contributed by atoms with Gasteiger partial charge in [-0.3, -0.25) is 0 Å². The number of rotatable bonds is 5. The van der Waals surface area contributed by atoms with Crippen LogP contribution in [0.3, 0.4) is 0 Å². The van der Waals surface area contributed by atoms with Crippen LogP contribution in [0.25, 0.3) is 0 Å². The van der Waals surface area contributed by atoms with Gasteiger partial charge in [0.1, 0.15) is 0 Å². The second-order valence-corrected chi connectivity index (χ2v) is 6.55. The Balaban J connectivity index is 1.81. The highest BCUT2D eigenvalue weighted by molar-refractivity contribution is 7.98. The summed E-state index contributed by atoms with van der Waals surface area (Å²) in [4.78, 5) is 3.79. The Hall–Kier alpha value is -0.510. The molecular weight excluding hydrogens is 252 g/mol. The second kappa shape index (κ2) is 7.32. The van der Waals surface area contributed by atoms with Gasteiger partial charge in [0.05, 0.1) is 0 Å². The summed E-state index contributed by atoms with van der Waals surface area (Å²) in [7, 11) is 2.23. The zero-order valence-corrected chi connectivity index (χ0v) is 13.2. The predicted octanol–water partition coefficient (Wildman–Crippen LogP) is 3.40. The number of hydrogen-bond acceptors (Lipinski definition) is 3. The Morgan fingerprint density at radius 2 is 2.11 bits per heavy atom. The van der Waals surface area contributed by atoms with Crippen LogP contribution in [0.15, 0.2) is 29.2 Å². The van der Waals surface area contributed by atoms with Crippen molar-refractivity contribution >= 4 is 11.8 Å². The Labute approximate surface area is 122 Å². The first-order valence-corrected chi connectivity index (χ1v) is 8.47. The van der Waals surface area contributed by atoms with Crippen LogP contribution < -0.4 is 5.32 Å². The van der Waals surface area contributed by atoms with Crippen molar-refractivity contribution in [2.24, 2.45) is 5.92 Å². The minimum atomic E-state index is 0.447. The van der Waals surface area contributed by atoms with E-state index < -0.39 is 0 Å². The highest BCUT2D eigenvalue weighted by atomic mass is 32.2. The summed E-state index contributed by atoms with van der Waals surface area (Å²) in [6, 6.07) is 9.37. The summed E-state index contributed by atoms with van der Waals surface area (Å²) in [6.45, 7) is 5.91. The van der Waals surface area contributed by atoms with Crippen molar-refractivity contribution in [1.82, 2.24) is 10.2 Å². The van der Waals surface area contributed by atoms with Gasteiger partial charge in [0.2, 0.25) is 0 Å². The van der Waals surface area contributed by atoms with Gasteiger partial charge in [0.15, 0.2) is 0 Å². The topological polar surface area (TPSA) is 15.3 Å². The molecule has 106 valence electrons. The summed E-state index contributed by atoms with van der Waals surface area (Å²) in [5.41, 5.74) is 1.39. The van der Waals surface area contributed by atoms with Crippen molar-refractivity contribution in [2.45, 2.75) is 30.7 Å². The van der Waals surface area contributed by atoms with Crippen molar-refractivity contribution < 1.29 is 0 Å². The number of piperidine rings is 1. The van der Waals surface area contributed by atoms with Gasteiger partial charge >= 0.3 is 0 Å². The van der Waals surface area contributed by atoms with Crippen LogP contribution in [0.1, 0.15) is 31.4 Å². The van der Waals surface area contributed by atoms with Crippen molar-refractivity contribution in [3.8, 4) is 0 Å². The fraction of sp³-hybridized carbons (Fsp3) is 0.625. The first kappa shape index (κ1) is 14.9. The van der Waals surface area contributed by atoms with Crippen molar-refractivity contribution in [1.29, 1.82) is 0 Å². The zero-order chi connectivity index (χ0) is 13.7. The molecule has 0 aromatic heterocycles. The van der Waals surface area contributed by atoms with Gasteiger partial charge in [-0.15, -0.1) is 11.8 Å². The summed E-state index contributed by atoms with van der Waals surface area (Å²) < 4.78 is 0. The van der Waals surface area contributed by atoms with Crippen molar-refractivity contribution in [3.05, 3.63) is 29.8 Å². The molecule has 19 heavy (non-hydrogen) atoms. The molecule has 0 spiro atoms. The van der Waals surface area contributed by atoms with Crippen molar-refractivity contribution in [2.75, 3.05) is 32.9 Å². The van der Waals surface area contributed by atoms with Gasteiger partial charge in [-0.2, -0.15) is 0 Å². The second-order valence-electron chi connectivity index (χ2n) is 5.67. The Morgan fingerprint density at radius 1 is 1.37 bits per heavy atom. The molecule has 0 saturated carbocycles. The summed E-state index contributed by atoms with van der Waals surface area (Å²) in [5, 5.41) is 3.69. The fourth-order valence-electron chi connectivity index (χ4n) is 2.79. The average Bonchev–Trinajstić information content (AvgIpc) is 2.45. The molecule has 1 aromatic rings. The normalized spacial score (nSPS) is 22.4. The number of likely N-dealkylation sites (tertiary alicyclic amines) is 1. The first-order chi connectivity index (χ1) is 9.19. The predicted molar refractivity (Wildman–Crippen MR) is 84.9 cm³/mol. The molecule has 1 aromatic carbocycles. The maximum absolute atomic E-state index is 3.69. The van der Waals surface area contributed by atoms with E-state index in [1.165, 1.54) is 36.4 Å². The first-order valence-electron chi connectivity index (χ1n) is 7.25. The highest BCUT2D eigenvalue weighted by Crippen LogP contribution is 2.20. The van der Waals surface area contributed by atoms with Crippen LogP contribution in [0, 0.1) is 5.92 Å². The van der Waals surface area contributed by atoms with Gasteiger partial charge in [0.25, 0.3) is 0 Å². The Bertz CT molecular complexity index is 377. The largest absolute Gasteiger partial charge is 0.310 e. The van der Waals surface area contributed by atoms with Gasteiger partial charge in [-0.25, -0.2) is 0 Å². The van der Waals surface area contributed by atoms with Crippen LogP contribution in [0.4, 0.5) is 0 Å². The smallest absolute Gasteiger partial charge is 0.0291 e. The van der Waals surface area contributed by atoms with Crippen LogP contribution in [0.2, 0.25) is 0 Å². The molecule has 0 amide bonds. The maximum atomic E-state index is 3.69. The zero-order valence-electron chi connectivity index (χ0n) is 12.4. The SMILES string of the molecule is CSc1ccc(C(C)NCC2CCCN(C)C2)cc1. The lowest BCUT2D eigenvalue weighted by Crippen LogP contribution is -2.37. The van der Waals surface area contributed by atoms with Crippen molar-refractivity contribution in [3.63, 3.8) is 0 Å². The average molecular weight is 278 g/mol. The number of benzene rings is 1. The molecule has 0 radical (unpaired) electrons. The molecule has 2 rings (SSSR count). The van der Waals surface area contributed by atoms with Gasteiger partial charge in [0, 0.05) is 17.5 Å². The van der Waals surface area contributed by atoms with Gasteiger partial charge in [-0.1, -0.05) is 12.1 Å². The highest BCUT2D eigenvalue weighted by Gasteiger charge is 2.17. The molecule has 1 aliphatic rings. The fourth-order valence-corrected chi connectivity index (χ4v) is 3.20. The van der Waals surface area contributed by atoms with Crippen LogP contribution in [0.5, 0.6) is 0 Å². The molecule has 1 saturated heterocycles. The minimum absolute atomic E-state index is 0.447. The number of thioether (sulfide) groups is 1. The standard InChI is InChI=1S/C16H26N2S/c1-13(15-6-8-16(19-3)9-7-15)17-11-14-5-4-10-18(2)12-14/h6-9,13-14,17H,4-5,10-12H2,1-3H3.